The number of carbonyl (C=O) groups excluding carboxylic acids is 2. The second-order valence-corrected chi connectivity index (χ2v) is 6.66. The van der Waals surface area contributed by atoms with Gasteiger partial charge in [-0.1, -0.05) is 37.3 Å². The number of anilines is 1. The quantitative estimate of drug-likeness (QED) is 0.890. The summed E-state index contributed by atoms with van der Waals surface area (Å²) in [6.07, 6.45) is 1.67. The van der Waals surface area contributed by atoms with Gasteiger partial charge in [-0.15, -0.1) is 11.3 Å². The monoisotopic (exact) mass is 314 g/mol. The molecule has 0 bridgehead atoms. The van der Waals surface area contributed by atoms with E-state index in [-0.39, 0.29) is 17.7 Å². The summed E-state index contributed by atoms with van der Waals surface area (Å²) < 4.78 is 0. The molecule has 5 heteroatoms. The van der Waals surface area contributed by atoms with Gasteiger partial charge in [0.1, 0.15) is 5.00 Å². The first-order valence-electron chi connectivity index (χ1n) is 7.38. The normalized spacial score (nSPS) is 19.7. The Morgan fingerprint density at radius 1 is 1.32 bits per heavy atom. The summed E-state index contributed by atoms with van der Waals surface area (Å²) in [6.45, 7) is 2.01. The van der Waals surface area contributed by atoms with Gasteiger partial charge < -0.3 is 11.1 Å². The van der Waals surface area contributed by atoms with E-state index in [1.807, 2.05) is 37.3 Å². The molecular formula is C17H18N2O2S. The van der Waals surface area contributed by atoms with Crippen molar-refractivity contribution in [2.75, 3.05) is 5.32 Å². The van der Waals surface area contributed by atoms with Gasteiger partial charge in [0, 0.05) is 10.8 Å². The number of hydrogen-bond acceptors (Lipinski definition) is 3. The molecule has 3 N–H and O–H groups in total. The molecule has 2 atom stereocenters. The standard InChI is InChI=1S/C17H18N2O2S/c1-2-11-8-14(15(18)20)17(22-11)19-16(21)13-9-12(13)10-6-4-3-5-7-10/h3-8,12-13H,2,9H2,1H3,(H2,18,20)(H,19,21)/t12-,13-/m0/s1. The lowest BCUT2D eigenvalue weighted by atomic mass is 10.1. The largest absolute Gasteiger partial charge is 0.366 e. The highest BCUT2D eigenvalue weighted by molar-refractivity contribution is 7.16. The van der Waals surface area contributed by atoms with E-state index in [0.29, 0.717) is 10.6 Å². The highest BCUT2D eigenvalue weighted by Crippen LogP contribution is 2.48. The highest BCUT2D eigenvalue weighted by Gasteiger charge is 2.44. The van der Waals surface area contributed by atoms with Crippen LogP contribution in [-0.4, -0.2) is 11.8 Å². The van der Waals surface area contributed by atoms with Gasteiger partial charge in [0.2, 0.25) is 5.91 Å². The van der Waals surface area contributed by atoms with Crippen molar-refractivity contribution in [2.45, 2.75) is 25.7 Å². The molecule has 1 saturated carbocycles. The maximum atomic E-state index is 12.4. The van der Waals surface area contributed by atoms with E-state index in [0.717, 1.165) is 17.7 Å². The summed E-state index contributed by atoms with van der Waals surface area (Å²) in [4.78, 5) is 24.9. The molecule has 1 fully saturated rings. The van der Waals surface area contributed by atoms with Crippen molar-refractivity contribution < 1.29 is 9.59 Å². The van der Waals surface area contributed by atoms with E-state index in [1.165, 1.54) is 16.9 Å². The number of primary amides is 1. The van der Waals surface area contributed by atoms with E-state index in [2.05, 4.69) is 5.32 Å². The molecule has 4 nitrogen and oxygen atoms in total. The van der Waals surface area contributed by atoms with Gasteiger partial charge in [0.05, 0.1) is 5.56 Å². The van der Waals surface area contributed by atoms with Crippen molar-refractivity contribution in [2.24, 2.45) is 11.7 Å². The van der Waals surface area contributed by atoms with Crippen LogP contribution in [0.15, 0.2) is 36.4 Å². The van der Waals surface area contributed by atoms with E-state index in [1.54, 1.807) is 6.07 Å². The van der Waals surface area contributed by atoms with Crippen LogP contribution >= 0.6 is 11.3 Å². The third kappa shape index (κ3) is 2.90. The minimum atomic E-state index is -0.498. The number of benzene rings is 1. The van der Waals surface area contributed by atoms with Crippen molar-refractivity contribution in [1.82, 2.24) is 0 Å². The Bertz CT molecular complexity index is 709. The second kappa shape index (κ2) is 5.93. The average Bonchev–Trinajstić information content (AvgIpc) is 3.22. The van der Waals surface area contributed by atoms with Crippen LogP contribution in [0.5, 0.6) is 0 Å². The molecule has 1 aromatic carbocycles. The number of nitrogens with one attached hydrogen (secondary N) is 1. The maximum Gasteiger partial charge on any atom is 0.251 e. The molecule has 1 heterocycles. The Balaban J connectivity index is 1.71. The minimum Gasteiger partial charge on any atom is -0.366 e. The zero-order chi connectivity index (χ0) is 15.7. The lowest BCUT2D eigenvalue weighted by molar-refractivity contribution is -0.117. The maximum absolute atomic E-state index is 12.4. The molecule has 2 aromatic rings. The summed E-state index contributed by atoms with van der Waals surface area (Å²) in [6, 6.07) is 11.8. The Kier molecular flexibility index (Phi) is 3.98. The molecule has 114 valence electrons. The predicted molar refractivity (Wildman–Crippen MR) is 88.1 cm³/mol. The van der Waals surface area contributed by atoms with Crippen LogP contribution in [0.2, 0.25) is 0 Å². The van der Waals surface area contributed by atoms with E-state index in [4.69, 9.17) is 5.73 Å². The van der Waals surface area contributed by atoms with Gasteiger partial charge >= 0.3 is 0 Å². The summed E-state index contributed by atoms with van der Waals surface area (Å²) in [7, 11) is 0. The number of thiophene rings is 1. The van der Waals surface area contributed by atoms with Crippen molar-refractivity contribution in [1.29, 1.82) is 0 Å². The summed E-state index contributed by atoms with van der Waals surface area (Å²) in [5.41, 5.74) is 6.99. The zero-order valence-electron chi connectivity index (χ0n) is 12.3. The van der Waals surface area contributed by atoms with Crippen molar-refractivity contribution >= 4 is 28.2 Å². The Labute approximate surface area is 133 Å². The smallest absolute Gasteiger partial charge is 0.251 e. The minimum absolute atomic E-state index is 0.0182. The first-order chi connectivity index (χ1) is 10.6. The third-order valence-electron chi connectivity index (χ3n) is 3.99. The van der Waals surface area contributed by atoms with Gasteiger partial charge in [-0.2, -0.15) is 0 Å². The van der Waals surface area contributed by atoms with Gasteiger partial charge in [-0.05, 0) is 30.4 Å². The number of carbonyl (C=O) groups is 2. The molecule has 0 radical (unpaired) electrons. The second-order valence-electron chi connectivity index (χ2n) is 5.52. The van der Waals surface area contributed by atoms with Crippen molar-refractivity contribution in [3.63, 3.8) is 0 Å². The molecule has 2 amide bonds. The predicted octanol–water partition coefficient (Wildman–Crippen LogP) is 3.15. The van der Waals surface area contributed by atoms with Crippen LogP contribution in [0.4, 0.5) is 5.00 Å². The number of amides is 2. The molecular weight excluding hydrogens is 296 g/mol. The SMILES string of the molecule is CCc1cc(C(N)=O)c(NC(=O)[C@H]2C[C@H]2c2ccccc2)s1. The van der Waals surface area contributed by atoms with Crippen LogP contribution in [0, 0.1) is 5.92 Å². The molecule has 0 unspecified atom stereocenters. The van der Waals surface area contributed by atoms with E-state index >= 15 is 0 Å². The Morgan fingerprint density at radius 2 is 2.05 bits per heavy atom. The molecule has 0 aliphatic heterocycles. The van der Waals surface area contributed by atoms with Crippen LogP contribution < -0.4 is 11.1 Å². The van der Waals surface area contributed by atoms with Gasteiger partial charge in [-0.3, -0.25) is 9.59 Å². The molecule has 0 spiro atoms. The summed E-state index contributed by atoms with van der Waals surface area (Å²) in [5, 5.41) is 3.46. The Hall–Kier alpha value is -2.14. The van der Waals surface area contributed by atoms with Gasteiger partial charge in [0.25, 0.3) is 5.91 Å². The molecule has 22 heavy (non-hydrogen) atoms. The van der Waals surface area contributed by atoms with E-state index < -0.39 is 5.91 Å². The van der Waals surface area contributed by atoms with Gasteiger partial charge in [-0.25, -0.2) is 0 Å². The first-order valence-corrected chi connectivity index (χ1v) is 8.20. The Morgan fingerprint density at radius 3 is 2.68 bits per heavy atom. The lowest BCUT2D eigenvalue weighted by Gasteiger charge is -2.04. The lowest BCUT2D eigenvalue weighted by Crippen LogP contribution is -2.18. The molecule has 1 aliphatic carbocycles. The number of nitrogens with two attached hydrogens (primary N) is 1. The van der Waals surface area contributed by atoms with Crippen molar-refractivity contribution in [3.8, 4) is 0 Å². The molecule has 1 aromatic heterocycles. The summed E-state index contributed by atoms with van der Waals surface area (Å²) in [5.74, 6) is -0.262. The third-order valence-corrected chi connectivity index (χ3v) is 5.18. The fraction of sp³-hybridized carbons (Fsp3) is 0.294. The van der Waals surface area contributed by atoms with Crippen LogP contribution in [0.3, 0.4) is 0 Å². The fourth-order valence-corrected chi connectivity index (χ4v) is 3.65. The zero-order valence-corrected chi connectivity index (χ0v) is 13.2. The number of aryl methyl sites for hydroxylation is 1. The average molecular weight is 314 g/mol. The van der Waals surface area contributed by atoms with Crippen LogP contribution in [0.1, 0.15) is 40.1 Å². The topological polar surface area (TPSA) is 72.2 Å². The molecule has 0 saturated heterocycles. The number of hydrogen-bond donors (Lipinski definition) is 2. The summed E-state index contributed by atoms with van der Waals surface area (Å²) >= 11 is 1.43. The first kappa shape index (κ1) is 14.8. The van der Waals surface area contributed by atoms with Crippen LogP contribution in [0.25, 0.3) is 0 Å². The van der Waals surface area contributed by atoms with E-state index in [9.17, 15) is 9.59 Å². The van der Waals surface area contributed by atoms with Gasteiger partial charge in [0.15, 0.2) is 0 Å². The van der Waals surface area contributed by atoms with Crippen LogP contribution in [-0.2, 0) is 11.2 Å². The highest BCUT2D eigenvalue weighted by atomic mass is 32.1. The molecule has 3 rings (SSSR count). The van der Waals surface area contributed by atoms with Crippen molar-refractivity contribution in [3.05, 3.63) is 52.4 Å². The molecule has 1 aliphatic rings. The number of rotatable bonds is 5. The fourth-order valence-electron chi connectivity index (χ4n) is 2.65.